The van der Waals surface area contributed by atoms with Crippen molar-refractivity contribution in [2.75, 3.05) is 26.6 Å². The lowest BCUT2D eigenvalue weighted by molar-refractivity contribution is -0.142. The molecule has 0 radical (unpaired) electrons. The molecule has 314 valence electrons. The largest absolute Gasteiger partial charge is 0.496 e. The second-order valence-corrected chi connectivity index (χ2v) is 15.9. The Morgan fingerprint density at radius 2 is 1.70 bits per heavy atom. The van der Waals surface area contributed by atoms with E-state index in [0.717, 1.165) is 76.5 Å². The molecule has 0 aliphatic heterocycles. The smallest absolute Gasteiger partial charge is 0.306 e. The molecule has 6 aromatic rings. The van der Waals surface area contributed by atoms with Crippen molar-refractivity contribution in [3.05, 3.63) is 89.5 Å². The van der Waals surface area contributed by atoms with Gasteiger partial charge in [0.2, 0.25) is 0 Å². The molecule has 2 aliphatic carbocycles. The van der Waals surface area contributed by atoms with Crippen molar-refractivity contribution in [1.82, 2.24) is 34.9 Å². The predicted molar refractivity (Wildman–Crippen MR) is 225 cm³/mol. The number of carbonyl (C=O) groups is 1. The number of nitrogens with one attached hydrogen (secondary N) is 2. The van der Waals surface area contributed by atoms with Crippen LogP contribution in [0, 0.1) is 12.8 Å². The Morgan fingerprint density at radius 3 is 2.38 bits per heavy atom. The molecule has 0 spiro atoms. The van der Waals surface area contributed by atoms with Crippen molar-refractivity contribution in [3.63, 3.8) is 0 Å². The van der Waals surface area contributed by atoms with Gasteiger partial charge < -0.3 is 30.3 Å². The van der Waals surface area contributed by atoms with Gasteiger partial charge in [0.15, 0.2) is 11.6 Å². The first kappa shape index (κ1) is 41.0. The number of aromatic nitrogens is 5. The third kappa shape index (κ3) is 8.21. The topological polar surface area (TPSA) is 160 Å². The Kier molecular flexibility index (Phi) is 11.9. The Bertz CT molecular complexity index is 2500. The van der Waals surface area contributed by atoms with Gasteiger partial charge in [-0.25, -0.2) is 23.4 Å². The lowest BCUT2D eigenvalue weighted by Gasteiger charge is -2.28. The van der Waals surface area contributed by atoms with E-state index < -0.39 is 18.2 Å². The zero-order valence-electron chi connectivity index (χ0n) is 34.2. The highest BCUT2D eigenvalue weighted by atomic mass is 19.3. The van der Waals surface area contributed by atoms with Crippen LogP contribution < -0.4 is 20.1 Å². The number of fused-ring (bicyclic) bond motifs is 2. The molecule has 2 atom stereocenters. The highest BCUT2D eigenvalue weighted by Crippen LogP contribution is 2.39. The zero-order chi connectivity index (χ0) is 42.1. The lowest BCUT2D eigenvalue weighted by Crippen LogP contribution is -2.37. The minimum absolute atomic E-state index is 0.0729. The number of pyridine rings is 1. The van der Waals surface area contributed by atoms with Crippen molar-refractivity contribution in [2.45, 2.75) is 89.6 Å². The van der Waals surface area contributed by atoms with Crippen LogP contribution in [0.2, 0.25) is 0 Å². The fourth-order valence-corrected chi connectivity index (χ4v) is 8.90. The zero-order valence-corrected chi connectivity index (χ0v) is 34.2. The van der Waals surface area contributed by atoms with Gasteiger partial charge in [-0.1, -0.05) is 24.3 Å². The summed E-state index contributed by atoms with van der Waals surface area (Å²) >= 11 is 0. The van der Waals surface area contributed by atoms with Gasteiger partial charge in [-0.2, -0.15) is 5.10 Å². The summed E-state index contributed by atoms with van der Waals surface area (Å²) in [4.78, 5) is 26.6. The van der Waals surface area contributed by atoms with Crippen LogP contribution in [0.4, 0.5) is 20.3 Å². The number of aliphatic hydroxyl groups excluding tert-OH is 1. The van der Waals surface area contributed by atoms with Crippen LogP contribution in [0.15, 0.2) is 67.0 Å². The van der Waals surface area contributed by atoms with Gasteiger partial charge in [0.05, 0.1) is 54.7 Å². The molecule has 3 heterocycles. The van der Waals surface area contributed by atoms with E-state index >= 15 is 0 Å². The van der Waals surface area contributed by atoms with Gasteiger partial charge in [-0.3, -0.25) is 14.7 Å². The first-order valence-corrected chi connectivity index (χ1v) is 20.4. The number of carboxylic acids is 1. The molecule has 0 saturated heterocycles. The Hall–Kier alpha value is -5.77. The first-order chi connectivity index (χ1) is 29.0. The number of nitrogens with zero attached hydrogens (tertiary/aromatic N) is 6. The summed E-state index contributed by atoms with van der Waals surface area (Å²) < 4.78 is 42.1. The number of halogens is 2. The minimum atomic E-state index is -2.90. The molecule has 0 amide bonds. The average Bonchev–Trinajstić information content (AvgIpc) is 3.90. The molecule has 15 heteroatoms. The minimum Gasteiger partial charge on any atom is -0.496 e. The molecule has 0 unspecified atom stereocenters. The fourth-order valence-electron chi connectivity index (χ4n) is 8.90. The number of ether oxygens (including phenoxy) is 2. The lowest BCUT2D eigenvalue weighted by atomic mass is 9.86. The number of likely N-dealkylation sites (N-methyl/N-ethyl adjacent to an activating group) is 1. The second kappa shape index (κ2) is 17.4. The standard InChI is InChI=1S/C45H50F2N8O5/c1-25-30(31-9-6-11-36-32(31)23-50-55(36)29-19-39(59-3)33(40(20-29)60-4)24-54(2)37-12-7-13-38(37)56)8-5-10-34(25)51-43-41-35(52-44(53-43)42(46)47)18-26(22-49-41)21-48-28-16-14-27(15-17-28)45(57)58/h5-6,8-11,18-20,22-23,27-28,37-38,42,48,56H,7,12-17,21,24H2,1-4H3,(H,57,58)(H,51,52,53)/t27?,28?,37-,38+/m1/s1. The maximum Gasteiger partial charge on any atom is 0.306 e. The third-order valence-corrected chi connectivity index (χ3v) is 12.2. The summed E-state index contributed by atoms with van der Waals surface area (Å²) in [6.07, 6.45) is 5.76. The van der Waals surface area contributed by atoms with Gasteiger partial charge in [0.25, 0.3) is 6.43 Å². The van der Waals surface area contributed by atoms with Crippen LogP contribution in [-0.2, 0) is 17.9 Å². The van der Waals surface area contributed by atoms with E-state index in [9.17, 15) is 23.8 Å². The summed E-state index contributed by atoms with van der Waals surface area (Å²) in [6, 6.07) is 17.7. The number of anilines is 2. The molecule has 3 aromatic carbocycles. The molecule has 13 nitrogen and oxygen atoms in total. The number of rotatable bonds is 14. The van der Waals surface area contributed by atoms with Crippen LogP contribution in [0.3, 0.4) is 0 Å². The maximum absolute atomic E-state index is 14.2. The summed E-state index contributed by atoms with van der Waals surface area (Å²) in [6.45, 7) is 2.96. The number of methoxy groups -OCH3 is 2. The molecule has 2 fully saturated rings. The highest BCUT2D eigenvalue weighted by Gasteiger charge is 2.30. The van der Waals surface area contributed by atoms with E-state index in [-0.39, 0.29) is 29.9 Å². The van der Waals surface area contributed by atoms with Crippen molar-refractivity contribution in [2.24, 2.45) is 5.92 Å². The molecule has 2 aliphatic rings. The van der Waals surface area contributed by atoms with E-state index in [1.165, 1.54) is 0 Å². The van der Waals surface area contributed by atoms with Crippen LogP contribution in [0.25, 0.3) is 38.8 Å². The second-order valence-electron chi connectivity index (χ2n) is 15.9. The summed E-state index contributed by atoms with van der Waals surface area (Å²) in [5, 5.41) is 32.4. The van der Waals surface area contributed by atoms with Crippen LogP contribution in [0.1, 0.15) is 73.9 Å². The third-order valence-electron chi connectivity index (χ3n) is 12.2. The van der Waals surface area contributed by atoms with Gasteiger partial charge in [-0.15, -0.1) is 0 Å². The quantitative estimate of drug-likeness (QED) is 0.0838. The van der Waals surface area contributed by atoms with E-state index in [1.54, 1.807) is 26.5 Å². The van der Waals surface area contributed by atoms with Crippen molar-refractivity contribution in [3.8, 4) is 28.3 Å². The Labute approximate surface area is 346 Å². The van der Waals surface area contributed by atoms with Crippen molar-refractivity contribution >= 4 is 39.4 Å². The number of carboxylic acid groups (broad SMARTS) is 1. The van der Waals surface area contributed by atoms with Crippen molar-refractivity contribution in [1.29, 1.82) is 0 Å². The number of hydrogen-bond donors (Lipinski definition) is 4. The number of alkyl halides is 2. The molecule has 60 heavy (non-hydrogen) atoms. The van der Waals surface area contributed by atoms with Crippen molar-refractivity contribution < 1.29 is 33.3 Å². The van der Waals surface area contributed by atoms with Crippen LogP contribution >= 0.6 is 0 Å². The molecule has 4 N–H and O–H groups in total. The summed E-state index contributed by atoms with van der Waals surface area (Å²) in [7, 11) is 5.29. The molecule has 0 bridgehead atoms. The first-order valence-electron chi connectivity index (χ1n) is 20.4. The van der Waals surface area contributed by atoms with Gasteiger partial charge in [0.1, 0.15) is 17.0 Å². The van der Waals surface area contributed by atoms with Gasteiger partial charge in [-0.05, 0) is 99.4 Å². The highest BCUT2D eigenvalue weighted by molar-refractivity contribution is 5.97. The molecule has 3 aromatic heterocycles. The molecule has 2 saturated carbocycles. The van der Waals surface area contributed by atoms with E-state index in [4.69, 9.17) is 14.6 Å². The summed E-state index contributed by atoms with van der Waals surface area (Å²) in [5.74, 6) is -0.172. The normalized spacial score (nSPS) is 19.4. The number of benzene rings is 3. The van der Waals surface area contributed by atoms with Crippen LogP contribution in [-0.4, -0.2) is 85.3 Å². The number of aliphatic carboxylic acids is 1. The molecule has 8 rings (SSSR count). The van der Waals surface area contributed by atoms with E-state index in [1.807, 2.05) is 73.4 Å². The van der Waals surface area contributed by atoms with E-state index in [2.05, 4.69) is 30.5 Å². The predicted octanol–water partition coefficient (Wildman–Crippen LogP) is 8.12. The monoisotopic (exact) mass is 820 g/mol. The molecular formula is C45H50F2N8O5. The average molecular weight is 821 g/mol. The van der Waals surface area contributed by atoms with E-state index in [0.29, 0.717) is 54.2 Å². The number of aliphatic hydroxyl groups is 1. The van der Waals surface area contributed by atoms with Crippen LogP contribution in [0.5, 0.6) is 11.5 Å². The Morgan fingerprint density at radius 1 is 0.967 bits per heavy atom. The maximum atomic E-state index is 14.2. The number of hydrogen-bond acceptors (Lipinski definition) is 11. The fraction of sp³-hybridized carbons (Fsp3) is 0.400. The SMILES string of the molecule is COc1cc(-n2ncc3c(-c4cccc(Nc5nc(C(F)F)nc6cc(CNC7CCC(C(=O)O)CC7)cnc56)c4C)cccc32)cc(OC)c1CN(C)[C@@H]1CCC[C@@H]1O. The Balaban J connectivity index is 1.07. The van der Waals surface area contributed by atoms with Gasteiger partial charge >= 0.3 is 5.97 Å². The molecular weight excluding hydrogens is 771 g/mol. The van der Waals surface area contributed by atoms with Gasteiger partial charge in [0, 0.05) is 54.6 Å². The summed E-state index contributed by atoms with van der Waals surface area (Å²) in [5.41, 5.74) is 7.32.